The molecular weight excluding hydrogens is 316 g/mol. The van der Waals surface area contributed by atoms with E-state index < -0.39 is 0 Å². The molecule has 0 fully saturated rings. The van der Waals surface area contributed by atoms with E-state index in [4.69, 9.17) is 14.4 Å². The van der Waals surface area contributed by atoms with Gasteiger partial charge in [0.2, 0.25) is 5.88 Å². The smallest absolute Gasteiger partial charge is 0.214 e. The molecule has 0 aliphatic heterocycles. The molecule has 0 saturated heterocycles. The molecule has 2 heterocycles. The summed E-state index contributed by atoms with van der Waals surface area (Å²) in [5.74, 6) is 1.20. The summed E-state index contributed by atoms with van der Waals surface area (Å²) in [6, 6.07) is 5.70. The molecule has 7 nitrogen and oxygen atoms in total. The van der Waals surface area contributed by atoms with E-state index in [0.717, 1.165) is 17.1 Å². The number of aromatic nitrogens is 2. The third-order valence-electron chi connectivity index (χ3n) is 3.09. The summed E-state index contributed by atoms with van der Waals surface area (Å²) < 4.78 is 10.4. The zero-order valence-corrected chi connectivity index (χ0v) is 13.5. The largest absolute Gasteiger partial charge is 0.481 e. The Hall–Kier alpha value is -2.08. The van der Waals surface area contributed by atoms with Gasteiger partial charge in [-0.15, -0.1) is 11.8 Å². The van der Waals surface area contributed by atoms with Gasteiger partial charge < -0.3 is 19.7 Å². The van der Waals surface area contributed by atoms with Gasteiger partial charge in [0.1, 0.15) is 11.8 Å². The number of hydrogen-bond acceptors (Lipinski definition) is 8. The average Bonchev–Trinajstić information content (AvgIpc) is 3.12. The lowest BCUT2D eigenvalue weighted by molar-refractivity contribution is 0.291. The van der Waals surface area contributed by atoms with E-state index in [1.807, 2.05) is 6.07 Å². The van der Waals surface area contributed by atoms with Crippen molar-refractivity contribution >= 4 is 11.8 Å². The first-order valence-corrected chi connectivity index (χ1v) is 7.99. The van der Waals surface area contributed by atoms with E-state index in [1.54, 1.807) is 12.3 Å². The van der Waals surface area contributed by atoms with Crippen LogP contribution in [0.3, 0.4) is 0 Å². The number of ether oxygens (including phenoxy) is 1. The molecule has 0 unspecified atom stereocenters. The van der Waals surface area contributed by atoms with Crippen molar-refractivity contribution < 1.29 is 14.4 Å². The summed E-state index contributed by atoms with van der Waals surface area (Å²) in [4.78, 5) is 4.83. The maximum atomic E-state index is 9.25. The molecule has 1 atom stereocenters. The zero-order chi connectivity index (χ0) is 16.5. The Bertz CT molecular complexity index is 643. The highest BCUT2D eigenvalue weighted by Gasteiger charge is 2.19. The molecule has 0 radical (unpaired) electrons. The second-order valence-corrected chi connectivity index (χ2v) is 5.86. The predicted molar refractivity (Wildman–Crippen MR) is 85.2 cm³/mol. The Kier molecular flexibility index (Phi) is 6.87. The molecule has 0 aromatic carbocycles. The van der Waals surface area contributed by atoms with Crippen LogP contribution in [0.5, 0.6) is 5.88 Å². The molecule has 0 aliphatic carbocycles. The lowest BCUT2D eigenvalue weighted by Crippen LogP contribution is -2.20. The van der Waals surface area contributed by atoms with Crippen molar-refractivity contribution in [3.05, 3.63) is 35.9 Å². The molecule has 2 aromatic rings. The lowest BCUT2D eigenvalue weighted by Gasteiger charge is -2.15. The third-order valence-corrected chi connectivity index (χ3v) is 4.43. The number of aliphatic hydroxyl groups is 1. The van der Waals surface area contributed by atoms with Crippen LogP contribution in [0, 0.1) is 11.3 Å². The van der Waals surface area contributed by atoms with E-state index in [1.165, 1.54) is 25.1 Å². The second-order valence-electron chi connectivity index (χ2n) is 4.62. The molecule has 8 heteroatoms. The molecule has 122 valence electrons. The normalized spacial score (nSPS) is 11.9. The fourth-order valence-electron chi connectivity index (χ4n) is 1.95. The monoisotopic (exact) mass is 334 g/mol. The Morgan fingerprint density at radius 3 is 3.04 bits per heavy atom. The van der Waals surface area contributed by atoms with E-state index in [0.29, 0.717) is 24.5 Å². The highest BCUT2D eigenvalue weighted by atomic mass is 32.2. The number of rotatable bonds is 9. The van der Waals surface area contributed by atoms with Gasteiger partial charge in [-0.3, -0.25) is 0 Å². The van der Waals surface area contributed by atoms with Gasteiger partial charge >= 0.3 is 0 Å². The van der Waals surface area contributed by atoms with Crippen molar-refractivity contribution in [2.75, 3.05) is 26.8 Å². The van der Waals surface area contributed by atoms with Gasteiger partial charge in [-0.25, -0.2) is 4.98 Å². The quantitative estimate of drug-likeness (QED) is 0.528. The Labute approximate surface area is 138 Å². The van der Waals surface area contributed by atoms with Crippen molar-refractivity contribution in [2.45, 2.75) is 16.6 Å². The number of pyridine rings is 1. The first-order chi connectivity index (χ1) is 11.3. The average molecular weight is 334 g/mol. The summed E-state index contributed by atoms with van der Waals surface area (Å²) in [5.41, 5.74) is 0.489. The summed E-state index contributed by atoms with van der Waals surface area (Å²) >= 11 is 1.51. The van der Waals surface area contributed by atoms with Crippen molar-refractivity contribution in [3.63, 3.8) is 0 Å². The molecular formula is C15H18N4O3S. The van der Waals surface area contributed by atoms with E-state index >= 15 is 0 Å². The van der Waals surface area contributed by atoms with Crippen molar-refractivity contribution in [3.8, 4) is 11.9 Å². The minimum atomic E-state index is -0.0112. The molecule has 0 saturated carbocycles. The molecule has 0 spiro atoms. The number of thioether (sulfide) groups is 1. The summed E-state index contributed by atoms with van der Waals surface area (Å²) in [6.45, 7) is 1.35. The maximum absolute atomic E-state index is 9.25. The molecule has 0 aliphatic rings. The number of aliphatic hydroxyl groups excluding tert-OH is 1. The van der Waals surface area contributed by atoms with Gasteiger partial charge in [-0.1, -0.05) is 5.16 Å². The molecule has 2 N–H and O–H groups in total. The van der Waals surface area contributed by atoms with E-state index in [9.17, 15) is 5.26 Å². The first kappa shape index (κ1) is 17.3. The van der Waals surface area contributed by atoms with Crippen LogP contribution in [0.2, 0.25) is 0 Å². The third kappa shape index (κ3) is 4.96. The molecule has 23 heavy (non-hydrogen) atoms. The summed E-state index contributed by atoms with van der Waals surface area (Å²) in [7, 11) is 1.54. The van der Waals surface area contributed by atoms with Crippen LogP contribution in [-0.2, 0) is 0 Å². The van der Waals surface area contributed by atoms with Crippen LogP contribution < -0.4 is 10.1 Å². The van der Waals surface area contributed by atoms with Crippen molar-refractivity contribution in [2.24, 2.45) is 0 Å². The Balaban J connectivity index is 2.15. The second kappa shape index (κ2) is 9.15. The predicted octanol–water partition coefficient (Wildman–Crippen LogP) is 1.76. The number of hydrogen-bond donors (Lipinski definition) is 2. The van der Waals surface area contributed by atoms with Crippen LogP contribution in [0.1, 0.15) is 23.0 Å². The number of nitrogens with one attached hydrogen (secondary N) is 1. The van der Waals surface area contributed by atoms with Crippen LogP contribution in [0.4, 0.5) is 0 Å². The van der Waals surface area contributed by atoms with Crippen LogP contribution in [0.15, 0.2) is 33.9 Å². The number of methoxy groups -OCH3 is 1. The molecule has 2 rings (SSSR count). The topological polar surface area (TPSA) is 104 Å². The Morgan fingerprint density at radius 2 is 2.39 bits per heavy atom. The molecule has 0 amide bonds. The first-order valence-electron chi connectivity index (χ1n) is 7.11. The minimum Gasteiger partial charge on any atom is -0.481 e. The van der Waals surface area contributed by atoms with E-state index in [-0.39, 0.29) is 11.9 Å². The van der Waals surface area contributed by atoms with Crippen LogP contribution >= 0.6 is 11.8 Å². The number of nitrogens with zero attached hydrogens (tertiary/aromatic N) is 3. The van der Waals surface area contributed by atoms with Crippen molar-refractivity contribution in [1.82, 2.24) is 15.5 Å². The van der Waals surface area contributed by atoms with Gasteiger partial charge in [-0.05, 0) is 13.0 Å². The fraction of sp³-hybridized carbons (Fsp3) is 0.400. The van der Waals surface area contributed by atoms with Gasteiger partial charge in [0, 0.05) is 29.8 Å². The Morgan fingerprint density at radius 1 is 1.52 bits per heavy atom. The van der Waals surface area contributed by atoms with Crippen LogP contribution in [-0.4, -0.2) is 42.1 Å². The van der Waals surface area contributed by atoms with E-state index in [2.05, 4.69) is 21.5 Å². The minimum absolute atomic E-state index is 0.0112. The highest BCUT2D eigenvalue weighted by Crippen LogP contribution is 2.39. The molecule has 2 aromatic heterocycles. The van der Waals surface area contributed by atoms with Gasteiger partial charge in [0.25, 0.3) is 0 Å². The summed E-state index contributed by atoms with van der Waals surface area (Å²) in [6.07, 6.45) is 3.86. The van der Waals surface area contributed by atoms with Gasteiger partial charge in [-0.2, -0.15) is 5.26 Å². The maximum Gasteiger partial charge on any atom is 0.214 e. The molecule has 0 bridgehead atoms. The standard InChI is InChI=1S/C15H18N4O3S/c1-21-15-8-14(11(9-16)10-18-15)23-13(3-4-17-6-7-20)12-2-5-19-22-12/h2,5,8,10,13,17,20H,3-4,6-7H2,1H3/t13-/m1/s1. The SMILES string of the molecule is COc1cc(S[C@H](CCNCCO)c2ccno2)c(C#N)cn1. The zero-order valence-electron chi connectivity index (χ0n) is 12.7. The van der Waals surface area contributed by atoms with Gasteiger partial charge in [0.05, 0.1) is 30.7 Å². The van der Waals surface area contributed by atoms with Crippen LogP contribution in [0.25, 0.3) is 0 Å². The fourth-order valence-corrected chi connectivity index (χ4v) is 3.13. The lowest BCUT2D eigenvalue weighted by atomic mass is 10.2. The van der Waals surface area contributed by atoms with Crippen molar-refractivity contribution in [1.29, 1.82) is 5.26 Å². The highest BCUT2D eigenvalue weighted by molar-refractivity contribution is 7.99. The van der Waals surface area contributed by atoms with Gasteiger partial charge in [0.15, 0.2) is 0 Å². The summed E-state index contributed by atoms with van der Waals surface area (Å²) in [5, 5.41) is 25.0. The number of nitriles is 1.